The molecule has 20 heavy (non-hydrogen) atoms. The number of nitrogens with zero attached hydrogens (tertiary/aromatic N) is 1. The van der Waals surface area contributed by atoms with Gasteiger partial charge in [0.15, 0.2) is 0 Å². The maximum atomic E-state index is 11.5. The third-order valence-corrected chi connectivity index (χ3v) is 3.82. The molecule has 110 valence electrons. The molecule has 0 amide bonds. The van der Waals surface area contributed by atoms with E-state index < -0.39 is 0 Å². The number of methoxy groups -OCH3 is 1. The number of rotatable bonds is 4. The number of hydrogen-bond donors (Lipinski definition) is 2. The Morgan fingerprint density at radius 3 is 2.95 bits per heavy atom. The van der Waals surface area contributed by atoms with Crippen LogP contribution >= 0.6 is 0 Å². The molecule has 0 saturated heterocycles. The standard InChI is InChI=1S/C15H22N2O3/c1-10-13(15(19)20-2)6-7-14(17-10)16-9-11-4-3-5-12(18)8-11/h6-7,11-12,18H,3-5,8-9H2,1-2H3,(H,16,17). The number of ether oxygens (including phenoxy) is 1. The molecule has 5 heteroatoms. The average Bonchev–Trinajstić information content (AvgIpc) is 2.44. The molecule has 2 unspecified atom stereocenters. The molecule has 2 rings (SSSR count). The van der Waals surface area contributed by atoms with Gasteiger partial charge in [-0.3, -0.25) is 0 Å². The number of carbonyl (C=O) groups excluding carboxylic acids is 1. The largest absolute Gasteiger partial charge is 0.465 e. The van der Waals surface area contributed by atoms with Gasteiger partial charge in [-0.1, -0.05) is 6.42 Å². The van der Waals surface area contributed by atoms with Crippen molar-refractivity contribution in [3.05, 3.63) is 23.4 Å². The molecule has 5 nitrogen and oxygen atoms in total. The summed E-state index contributed by atoms with van der Waals surface area (Å²) in [5, 5.41) is 12.9. The Labute approximate surface area is 119 Å². The third kappa shape index (κ3) is 3.70. The fraction of sp³-hybridized carbons (Fsp3) is 0.600. The van der Waals surface area contributed by atoms with Gasteiger partial charge < -0.3 is 15.2 Å². The third-order valence-electron chi connectivity index (χ3n) is 3.82. The quantitative estimate of drug-likeness (QED) is 0.826. The molecule has 1 saturated carbocycles. The van der Waals surface area contributed by atoms with Crippen molar-refractivity contribution in [2.24, 2.45) is 5.92 Å². The summed E-state index contributed by atoms with van der Waals surface area (Å²) >= 11 is 0. The molecule has 2 atom stereocenters. The molecule has 1 aromatic heterocycles. The van der Waals surface area contributed by atoms with Crippen molar-refractivity contribution in [3.8, 4) is 0 Å². The summed E-state index contributed by atoms with van der Waals surface area (Å²) in [5.74, 6) is 0.883. The van der Waals surface area contributed by atoms with Gasteiger partial charge in [-0.25, -0.2) is 9.78 Å². The highest BCUT2D eigenvalue weighted by Crippen LogP contribution is 2.24. The van der Waals surface area contributed by atoms with E-state index in [0.717, 1.165) is 38.0 Å². The number of hydrogen-bond acceptors (Lipinski definition) is 5. The second kappa shape index (κ2) is 6.70. The first kappa shape index (κ1) is 14.8. The van der Waals surface area contributed by atoms with Crippen molar-refractivity contribution in [2.75, 3.05) is 19.0 Å². The molecule has 0 bridgehead atoms. The summed E-state index contributed by atoms with van der Waals surface area (Å²) in [6.07, 6.45) is 3.84. The predicted molar refractivity (Wildman–Crippen MR) is 76.8 cm³/mol. The summed E-state index contributed by atoms with van der Waals surface area (Å²) < 4.78 is 4.70. The summed E-state index contributed by atoms with van der Waals surface area (Å²) in [6.45, 7) is 2.60. The highest BCUT2D eigenvalue weighted by atomic mass is 16.5. The van der Waals surface area contributed by atoms with E-state index in [4.69, 9.17) is 4.74 Å². The van der Waals surface area contributed by atoms with Gasteiger partial charge in [-0.05, 0) is 44.2 Å². The Hall–Kier alpha value is -1.62. The molecule has 0 aliphatic heterocycles. The van der Waals surface area contributed by atoms with E-state index in [1.165, 1.54) is 7.11 Å². The lowest BCUT2D eigenvalue weighted by atomic mass is 9.87. The summed E-state index contributed by atoms with van der Waals surface area (Å²) in [5.41, 5.74) is 1.15. The number of aliphatic hydroxyl groups excluding tert-OH is 1. The lowest BCUT2D eigenvalue weighted by molar-refractivity contribution is 0.0599. The highest BCUT2D eigenvalue weighted by molar-refractivity contribution is 5.90. The van der Waals surface area contributed by atoms with Gasteiger partial charge in [0.05, 0.1) is 24.5 Å². The van der Waals surface area contributed by atoms with Crippen LogP contribution in [0.4, 0.5) is 5.82 Å². The zero-order valence-corrected chi connectivity index (χ0v) is 12.1. The normalized spacial score (nSPS) is 22.4. The second-order valence-electron chi connectivity index (χ2n) is 5.39. The minimum Gasteiger partial charge on any atom is -0.465 e. The number of pyridine rings is 1. The van der Waals surface area contributed by atoms with Crippen molar-refractivity contribution in [3.63, 3.8) is 0 Å². The molecule has 0 radical (unpaired) electrons. The maximum absolute atomic E-state index is 11.5. The smallest absolute Gasteiger partial charge is 0.339 e. The Morgan fingerprint density at radius 1 is 1.50 bits per heavy atom. The zero-order chi connectivity index (χ0) is 14.5. The average molecular weight is 278 g/mol. The number of aromatic nitrogens is 1. The zero-order valence-electron chi connectivity index (χ0n) is 12.1. The topological polar surface area (TPSA) is 71.5 Å². The molecule has 0 aromatic carbocycles. The minimum absolute atomic E-state index is 0.160. The van der Waals surface area contributed by atoms with Gasteiger partial charge in [-0.15, -0.1) is 0 Å². The predicted octanol–water partition coefficient (Wildman–Crippen LogP) is 2.14. The molecule has 0 spiro atoms. The Balaban J connectivity index is 1.93. The fourth-order valence-corrected chi connectivity index (χ4v) is 2.68. The molecule has 1 aliphatic carbocycles. The van der Waals surface area contributed by atoms with Crippen LogP contribution in [0, 0.1) is 12.8 Å². The van der Waals surface area contributed by atoms with Crippen LogP contribution < -0.4 is 5.32 Å². The van der Waals surface area contributed by atoms with Crippen LogP contribution in [0.5, 0.6) is 0 Å². The van der Waals surface area contributed by atoms with Gasteiger partial charge in [0.1, 0.15) is 5.82 Å². The van der Waals surface area contributed by atoms with Crippen LogP contribution in [0.2, 0.25) is 0 Å². The van der Waals surface area contributed by atoms with Crippen LogP contribution in [0.25, 0.3) is 0 Å². The lowest BCUT2D eigenvalue weighted by Gasteiger charge is -2.26. The Bertz CT molecular complexity index is 476. The van der Waals surface area contributed by atoms with E-state index in [1.54, 1.807) is 19.1 Å². The Morgan fingerprint density at radius 2 is 2.30 bits per heavy atom. The summed E-state index contributed by atoms with van der Waals surface area (Å²) in [6, 6.07) is 3.52. The van der Waals surface area contributed by atoms with E-state index in [1.807, 2.05) is 0 Å². The van der Waals surface area contributed by atoms with Crippen molar-refractivity contribution < 1.29 is 14.6 Å². The number of aryl methyl sites for hydroxylation is 1. The molecular formula is C15H22N2O3. The van der Waals surface area contributed by atoms with Gasteiger partial charge >= 0.3 is 5.97 Å². The van der Waals surface area contributed by atoms with Crippen molar-refractivity contribution in [2.45, 2.75) is 38.7 Å². The molecule has 1 fully saturated rings. The van der Waals surface area contributed by atoms with E-state index in [2.05, 4.69) is 10.3 Å². The second-order valence-corrected chi connectivity index (χ2v) is 5.39. The van der Waals surface area contributed by atoms with Gasteiger partial charge in [0, 0.05) is 6.54 Å². The van der Waals surface area contributed by atoms with Crippen molar-refractivity contribution in [1.29, 1.82) is 0 Å². The number of carbonyl (C=O) groups is 1. The van der Waals surface area contributed by atoms with E-state index >= 15 is 0 Å². The van der Waals surface area contributed by atoms with E-state index in [9.17, 15) is 9.90 Å². The molecule has 1 aromatic rings. The SMILES string of the molecule is COC(=O)c1ccc(NCC2CCCC(O)C2)nc1C. The first-order chi connectivity index (χ1) is 9.60. The lowest BCUT2D eigenvalue weighted by Crippen LogP contribution is -2.25. The minimum atomic E-state index is -0.364. The van der Waals surface area contributed by atoms with Gasteiger partial charge in [0.25, 0.3) is 0 Å². The van der Waals surface area contributed by atoms with Crippen LogP contribution in [-0.2, 0) is 4.74 Å². The van der Waals surface area contributed by atoms with Crippen molar-refractivity contribution in [1.82, 2.24) is 4.98 Å². The highest BCUT2D eigenvalue weighted by Gasteiger charge is 2.20. The van der Waals surface area contributed by atoms with Crippen LogP contribution in [0.15, 0.2) is 12.1 Å². The number of esters is 1. The monoisotopic (exact) mass is 278 g/mol. The first-order valence-corrected chi connectivity index (χ1v) is 7.08. The van der Waals surface area contributed by atoms with Gasteiger partial charge in [0.2, 0.25) is 0 Å². The number of aliphatic hydroxyl groups is 1. The van der Waals surface area contributed by atoms with E-state index in [0.29, 0.717) is 17.2 Å². The summed E-state index contributed by atoms with van der Waals surface area (Å²) in [4.78, 5) is 15.8. The molecule has 1 aliphatic rings. The summed E-state index contributed by atoms with van der Waals surface area (Å²) in [7, 11) is 1.36. The fourth-order valence-electron chi connectivity index (χ4n) is 2.68. The Kier molecular flexibility index (Phi) is 4.95. The van der Waals surface area contributed by atoms with Crippen molar-refractivity contribution >= 4 is 11.8 Å². The van der Waals surface area contributed by atoms with Crippen LogP contribution in [0.3, 0.4) is 0 Å². The van der Waals surface area contributed by atoms with Gasteiger partial charge in [-0.2, -0.15) is 0 Å². The first-order valence-electron chi connectivity index (χ1n) is 7.08. The molecule has 2 N–H and O–H groups in total. The van der Waals surface area contributed by atoms with Crippen LogP contribution in [-0.4, -0.2) is 35.8 Å². The maximum Gasteiger partial charge on any atom is 0.339 e. The molecule has 1 heterocycles. The molecular weight excluding hydrogens is 256 g/mol. The number of nitrogens with one attached hydrogen (secondary N) is 1. The number of anilines is 1. The van der Waals surface area contributed by atoms with E-state index in [-0.39, 0.29) is 12.1 Å². The van der Waals surface area contributed by atoms with Crippen LogP contribution in [0.1, 0.15) is 41.7 Å².